The van der Waals surface area contributed by atoms with E-state index in [9.17, 15) is 14.9 Å². The number of carbonyl (C=O) groups excluding carboxylic acids is 1. The number of halogens is 2. The van der Waals surface area contributed by atoms with Crippen molar-refractivity contribution in [2.75, 3.05) is 5.01 Å². The lowest BCUT2D eigenvalue weighted by molar-refractivity contribution is -0.384. The minimum Gasteiger partial charge on any atom is -0.267 e. The molecular weight excluding hydrogens is 595 g/mol. The van der Waals surface area contributed by atoms with Crippen molar-refractivity contribution in [3.8, 4) is 0 Å². The number of hydrazone groups is 1. The number of benzene rings is 3. The lowest BCUT2D eigenvalue weighted by Crippen LogP contribution is -2.26. The van der Waals surface area contributed by atoms with Crippen LogP contribution in [-0.2, 0) is 0 Å². The molecule has 0 bridgehead atoms. The molecule has 154 valence electrons. The molecule has 0 N–H and O–H groups in total. The van der Waals surface area contributed by atoms with Crippen LogP contribution in [-0.4, -0.2) is 22.0 Å². The van der Waals surface area contributed by atoms with E-state index in [0.717, 1.165) is 18.3 Å². The molecule has 0 radical (unpaired) electrons. The number of thiazole rings is 1. The minimum absolute atomic E-state index is 0.0133. The Kier molecular flexibility index (Phi) is 6.39. The van der Waals surface area contributed by atoms with E-state index in [1.165, 1.54) is 34.7 Å². The van der Waals surface area contributed by atoms with Gasteiger partial charge < -0.3 is 0 Å². The fraction of sp³-hybridized carbons (Fsp3) is 0. The zero-order valence-corrected chi connectivity index (χ0v) is 20.2. The number of rotatable bonds is 5. The van der Waals surface area contributed by atoms with Gasteiger partial charge in [0.1, 0.15) is 0 Å². The Morgan fingerprint density at radius 2 is 1.90 bits per heavy atom. The highest BCUT2D eigenvalue weighted by atomic mass is 127. The zero-order valence-electron chi connectivity index (χ0n) is 15.6. The average Bonchev–Trinajstić information content (AvgIpc) is 3.17. The van der Waals surface area contributed by atoms with E-state index in [-0.39, 0.29) is 11.6 Å². The van der Waals surface area contributed by atoms with E-state index in [0.29, 0.717) is 16.3 Å². The number of amides is 1. The monoisotopic (exact) mass is 606 g/mol. The predicted octanol–water partition coefficient (Wildman–Crippen LogP) is 6.25. The van der Waals surface area contributed by atoms with Crippen LogP contribution in [0.2, 0.25) is 0 Å². The average molecular weight is 607 g/mol. The van der Waals surface area contributed by atoms with Crippen LogP contribution in [0.15, 0.2) is 76.3 Å². The molecule has 31 heavy (non-hydrogen) atoms. The first-order chi connectivity index (χ1) is 14.9. The fourth-order valence-electron chi connectivity index (χ4n) is 2.72. The summed E-state index contributed by atoms with van der Waals surface area (Å²) in [6, 6.07) is 18.9. The second-order valence-electron chi connectivity index (χ2n) is 6.30. The molecule has 0 aliphatic heterocycles. The molecule has 7 nitrogen and oxygen atoms in total. The highest BCUT2D eigenvalue weighted by Crippen LogP contribution is 2.32. The van der Waals surface area contributed by atoms with E-state index in [2.05, 4.69) is 48.6 Å². The van der Waals surface area contributed by atoms with Crippen molar-refractivity contribution < 1.29 is 9.72 Å². The number of fused-ring (bicyclic) bond motifs is 1. The first-order valence-corrected chi connectivity index (χ1v) is 11.5. The Balaban J connectivity index is 1.75. The third-order valence-corrected chi connectivity index (χ3v) is 6.67. The first-order valence-electron chi connectivity index (χ1n) is 8.86. The van der Waals surface area contributed by atoms with Gasteiger partial charge in [0.15, 0.2) is 0 Å². The van der Waals surface area contributed by atoms with Crippen LogP contribution < -0.4 is 5.01 Å². The molecule has 0 saturated heterocycles. The normalized spacial score (nSPS) is 11.2. The number of nitro groups is 1. The van der Waals surface area contributed by atoms with Crippen LogP contribution in [0.4, 0.5) is 10.8 Å². The van der Waals surface area contributed by atoms with Crippen molar-refractivity contribution >= 4 is 83.0 Å². The van der Waals surface area contributed by atoms with Crippen molar-refractivity contribution in [2.24, 2.45) is 5.10 Å². The lowest BCUT2D eigenvalue weighted by Gasteiger charge is -2.14. The number of anilines is 1. The molecule has 0 atom stereocenters. The molecule has 1 amide bonds. The second kappa shape index (κ2) is 9.20. The van der Waals surface area contributed by atoms with Crippen molar-refractivity contribution in [1.29, 1.82) is 0 Å². The predicted molar refractivity (Wildman–Crippen MR) is 134 cm³/mol. The lowest BCUT2D eigenvalue weighted by atomic mass is 10.2. The maximum atomic E-state index is 13.4. The van der Waals surface area contributed by atoms with Crippen molar-refractivity contribution in [3.05, 3.63) is 96.0 Å². The quantitative estimate of drug-likeness (QED) is 0.116. The number of hydrogen-bond acceptors (Lipinski definition) is 6. The van der Waals surface area contributed by atoms with Gasteiger partial charge in [-0.3, -0.25) is 14.9 Å². The minimum atomic E-state index is -0.465. The van der Waals surface area contributed by atoms with Gasteiger partial charge in [0, 0.05) is 20.2 Å². The van der Waals surface area contributed by atoms with Gasteiger partial charge in [0.05, 0.1) is 26.9 Å². The number of non-ortho nitro benzene ring substituents is 1. The summed E-state index contributed by atoms with van der Waals surface area (Å²) in [5.74, 6) is -0.318. The molecule has 4 rings (SSSR count). The standard InChI is InChI=1S/C21H12BrIN4O3S/c22-14-7-10-18-19(11-14)31-21(25-18)26(20(28)16-3-1-2-4-17(16)23)24-12-13-5-8-15(9-6-13)27(29)30/h1-12H/b24-12+. The second-order valence-corrected chi connectivity index (χ2v) is 9.39. The fourth-order valence-corrected chi connectivity index (χ4v) is 4.81. The Morgan fingerprint density at radius 1 is 1.16 bits per heavy atom. The highest BCUT2D eigenvalue weighted by molar-refractivity contribution is 14.1. The summed E-state index contributed by atoms with van der Waals surface area (Å²) in [5, 5.41) is 16.9. The molecule has 0 spiro atoms. The number of aromatic nitrogens is 1. The van der Waals surface area contributed by atoms with E-state index >= 15 is 0 Å². The maximum Gasteiger partial charge on any atom is 0.281 e. The summed E-state index contributed by atoms with van der Waals surface area (Å²) >= 11 is 6.91. The van der Waals surface area contributed by atoms with Gasteiger partial charge in [-0.05, 0) is 70.6 Å². The summed E-state index contributed by atoms with van der Waals surface area (Å²) in [6.07, 6.45) is 1.49. The molecule has 0 aliphatic rings. The molecule has 4 aromatic rings. The molecule has 0 fully saturated rings. The van der Waals surface area contributed by atoms with E-state index in [4.69, 9.17) is 0 Å². The van der Waals surface area contributed by atoms with Crippen LogP contribution >= 0.6 is 49.9 Å². The van der Waals surface area contributed by atoms with Crippen molar-refractivity contribution in [2.45, 2.75) is 0 Å². The highest BCUT2D eigenvalue weighted by Gasteiger charge is 2.22. The van der Waals surface area contributed by atoms with Crippen LogP contribution in [0, 0.1) is 13.7 Å². The molecule has 1 aromatic heterocycles. The molecule has 1 heterocycles. The number of nitrogens with zero attached hydrogens (tertiary/aromatic N) is 4. The SMILES string of the molecule is O=C(c1ccccc1I)N(/N=C/c1ccc([N+](=O)[O-])cc1)c1nc2ccc(Br)cc2s1. The number of nitro benzene ring substituents is 1. The molecule has 0 saturated carbocycles. The summed E-state index contributed by atoms with van der Waals surface area (Å²) < 4.78 is 2.63. The summed E-state index contributed by atoms with van der Waals surface area (Å²) in [5.41, 5.74) is 1.87. The maximum absolute atomic E-state index is 13.4. The van der Waals surface area contributed by atoms with Gasteiger partial charge in [-0.25, -0.2) is 4.98 Å². The van der Waals surface area contributed by atoms with Gasteiger partial charge >= 0.3 is 0 Å². The molecule has 0 aliphatic carbocycles. The summed E-state index contributed by atoms with van der Waals surface area (Å²) in [4.78, 5) is 28.3. The largest absolute Gasteiger partial charge is 0.281 e. The number of hydrogen-bond donors (Lipinski definition) is 0. The third kappa shape index (κ3) is 4.81. The Bertz CT molecular complexity index is 1320. The summed E-state index contributed by atoms with van der Waals surface area (Å²) in [7, 11) is 0. The molecule has 3 aromatic carbocycles. The first kappa shape index (κ1) is 21.5. The Labute approximate surface area is 202 Å². The number of carbonyl (C=O) groups is 1. The molecule has 0 unspecified atom stereocenters. The van der Waals surface area contributed by atoms with Crippen molar-refractivity contribution in [3.63, 3.8) is 0 Å². The summed E-state index contributed by atoms with van der Waals surface area (Å²) in [6.45, 7) is 0. The van der Waals surface area contributed by atoms with E-state index in [1.54, 1.807) is 24.3 Å². The van der Waals surface area contributed by atoms with Gasteiger partial charge in [-0.15, -0.1) is 0 Å². The zero-order chi connectivity index (χ0) is 22.0. The van der Waals surface area contributed by atoms with Crippen molar-refractivity contribution in [1.82, 2.24) is 4.98 Å². The Hall–Kier alpha value is -2.70. The van der Waals surface area contributed by atoms with Crippen LogP contribution in [0.25, 0.3) is 10.2 Å². The smallest absolute Gasteiger partial charge is 0.267 e. The van der Waals surface area contributed by atoms with Gasteiger partial charge in [-0.2, -0.15) is 10.1 Å². The van der Waals surface area contributed by atoms with Crippen LogP contribution in [0.5, 0.6) is 0 Å². The topological polar surface area (TPSA) is 88.7 Å². The van der Waals surface area contributed by atoms with Gasteiger partial charge in [0.2, 0.25) is 5.13 Å². The van der Waals surface area contributed by atoms with E-state index in [1.807, 2.05) is 30.3 Å². The third-order valence-electron chi connectivity index (χ3n) is 4.24. The molecular formula is C21H12BrIN4O3S. The van der Waals surface area contributed by atoms with Gasteiger partial charge in [0.25, 0.3) is 11.6 Å². The van der Waals surface area contributed by atoms with Crippen LogP contribution in [0.3, 0.4) is 0 Å². The molecule has 10 heteroatoms. The van der Waals surface area contributed by atoms with E-state index < -0.39 is 4.92 Å². The van der Waals surface area contributed by atoms with Crippen LogP contribution in [0.1, 0.15) is 15.9 Å². The van der Waals surface area contributed by atoms with Gasteiger partial charge in [-0.1, -0.05) is 39.4 Å². The Morgan fingerprint density at radius 3 is 2.61 bits per heavy atom.